The van der Waals surface area contributed by atoms with E-state index in [0.29, 0.717) is 10.2 Å². The van der Waals surface area contributed by atoms with Gasteiger partial charge in [-0.3, -0.25) is 14.9 Å². The van der Waals surface area contributed by atoms with Gasteiger partial charge in [0.1, 0.15) is 5.69 Å². The van der Waals surface area contributed by atoms with Gasteiger partial charge in [-0.25, -0.2) is 0 Å². The van der Waals surface area contributed by atoms with Gasteiger partial charge in [0.15, 0.2) is 0 Å². The maximum atomic E-state index is 11.5. The highest BCUT2D eigenvalue weighted by molar-refractivity contribution is 6.01. The fraction of sp³-hybridized carbons (Fsp3) is 0.0625. The van der Waals surface area contributed by atoms with Gasteiger partial charge in [-0.05, 0) is 37.3 Å². The van der Waals surface area contributed by atoms with E-state index in [4.69, 9.17) is 0 Å². The highest BCUT2D eigenvalue weighted by Gasteiger charge is 2.11. The monoisotopic (exact) mass is 292 g/mol. The van der Waals surface area contributed by atoms with Crippen molar-refractivity contribution in [3.63, 3.8) is 0 Å². The summed E-state index contributed by atoms with van der Waals surface area (Å²) >= 11 is 0. The van der Waals surface area contributed by atoms with Crippen molar-refractivity contribution >= 4 is 21.8 Å². The summed E-state index contributed by atoms with van der Waals surface area (Å²) in [7, 11) is 0. The topological polar surface area (TPSA) is 83.8 Å². The molecular formula is C16H12N4O2. The van der Waals surface area contributed by atoms with Gasteiger partial charge in [-0.15, -0.1) is 4.73 Å². The molecule has 0 aliphatic carbocycles. The SMILES string of the molecule is Cc1cc(-c2n[nH]c3cc4c(ccc(=O)n4O)cc23)ccn1. The molecule has 3 heterocycles. The molecule has 108 valence electrons. The number of aromatic amines is 1. The van der Waals surface area contributed by atoms with E-state index >= 15 is 0 Å². The molecule has 0 bridgehead atoms. The third kappa shape index (κ3) is 1.77. The van der Waals surface area contributed by atoms with E-state index in [-0.39, 0.29) is 0 Å². The lowest BCUT2D eigenvalue weighted by Crippen LogP contribution is -2.15. The number of rotatable bonds is 1. The van der Waals surface area contributed by atoms with Crippen molar-refractivity contribution in [1.82, 2.24) is 19.9 Å². The number of benzene rings is 1. The normalized spacial score (nSPS) is 11.3. The van der Waals surface area contributed by atoms with Crippen LogP contribution < -0.4 is 5.56 Å². The fourth-order valence-electron chi connectivity index (χ4n) is 2.65. The molecule has 2 N–H and O–H groups in total. The number of fused-ring (bicyclic) bond motifs is 2. The molecule has 0 aliphatic rings. The van der Waals surface area contributed by atoms with Crippen molar-refractivity contribution < 1.29 is 5.21 Å². The van der Waals surface area contributed by atoms with Gasteiger partial charge >= 0.3 is 0 Å². The van der Waals surface area contributed by atoms with Gasteiger partial charge in [-0.1, -0.05) is 0 Å². The van der Waals surface area contributed by atoms with Crippen molar-refractivity contribution in [3.05, 3.63) is 58.6 Å². The molecule has 0 radical (unpaired) electrons. The minimum absolute atomic E-state index is 0.445. The van der Waals surface area contributed by atoms with Gasteiger partial charge in [0.05, 0.1) is 11.0 Å². The number of pyridine rings is 2. The Morgan fingerprint density at radius 2 is 2.05 bits per heavy atom. The quantitative estimate of drug-likeness (QED) is 0.528. The van der Waals surface area contributed by atoms with Crippen LogP contribution in [0.1, 0.15) is 5.69 Å². The van der Waals surface area contributed by atoms with Crippen molar-refractivity contribution in [2.75, 3.05) is 0 Å². The highest BCUT2D eigenvalue weighted by Crippen LogP contribution is 2.29. The molecule has 0 saturated carbocycles. The molecule has 0 unspecified atom stereocenters. The predicted octanol–water partition coefficient (Wildman–Crippen LogP) is 2.49. The molecule has 22 heavy (non-hydrogen) atoms. The molecule has 0 amide bonds. The van der Waals surface area contributed by atoms with Crippen molar-refractivity contribution in [2.45, 2.75) is 6.92 Å². The molecule has 1 aromatic carbocycles. The number of nitrogens with zero attached hydrogens (tertiary/aromatic N) is 3. The van der Waals surface area contributed by atoms with Gasteiger partial charge in [0.2, 0.25) is 0 Å². The zero-order chi connectivity index (χ0) is 15.3. The van der Waals surface area contributed by atoms with Crippen LogP contribution >= 0.6 is 0 Å². The molecule has 6 nitrogen and oxygen atoms in total. The van der Waals surface area contributed by atoms with E-state index in [1.54, 1.807) is 18.3 Å². The van der Waals surface area contributed by atoms with E-state index in [2.05, 4.69) is 15.2 Å². The van der Waals surface area contributed by atoms with E-state index in [1.165, 1.54) is 6.07 Å². The van der Waals surface area contributed by atoms with Crippen molar-refractivity contribution in [3.8, 4) is 11.3 Å². The van der Waals surface area contributed by atoms with Crippen LogP contribution in [-0.4, -0.2) is 25.1 Å². The van der Waals surface area contributed by atoms with Crippen LogP contribution in [0.4, 0.5) is 0 Å². The molecular weight excluding hydrogens is 280 g/mol. The minimum Gasteiger partial charge on any atom is -0.425 e. The van der Waals surface area contributed by atoms with Crippen LogP contribution in [0.2, 0.25) is 0 Å². The number of hydrogen-bond acceptors (Lipinski definition) is 4. The Labute approximate surface area is 124 Å². The van der Waals surface area contributed by atoms with Gasteiger partial charge < -0.3 is 5.21 Å². The predicted molar refractivity (Wildman–Crippen MR) is 83.0 cm³/mol. The second-order valence-corrected chi connectivity index (χ2v) is 5.20. The summed E-state index contributed by atoms with van der Waals surface area (Å²) in [5.74, 6) is 0. The van der Waals surface area contributed by atoms with Crippen LogP contribution in [-0.2, 0) is 0 Å². The standard InChI is InChI=1S/C16H12N4O2/c1-9-6-11(4-5-17-9)16-12-7-10-2-3-15(21)20(22)14(10)8-13(12)18-19-16/h2-8,22H,1H3,(H,18,19). The summed E-state index contributed by atoms with van der Waals surface area (Å²) < 4.78 is 0.645. The van der Waals surface area contributed by atoms with E-state index in [9.17, 15) is 10.0 Å². The Kier molecular flexibility index (Phi) is 2.53. The zero-order valence-corrected chi connectivity index (χ0v) is 11.7. The first-order valence-electron chi connectivity index (χ1n) is 6.80. The zero-order valence-electron chi connectivity index (χ0n) is 11.7. The number of aryl methyl sites for hydroxylation is 1. The molecule has 0 spiro atoms. The summed E-state index contributed by atoms with van der Waals surface area (Å²) in [6.45, 7) is 1.93. The Morgan fingerprint density at radius 3 is 2.86 bits per heavy atom. The summed E-state index contributed by atoms with van der Waals surface area (Å²) in [6, 6.07) is 10.5. The van der Waals surface area contributed by atoms with Crippen molar-refractivity contribution in [1.29, 1.82) is 0 Å². The molecule has 0 saturated heterocycles. The minimum atomic E-state index is -0.462. The molecule has 0 aliphatic heterocycles. The van der Waals surface area contributed by atoms with E-state index in [0.717, 1.165) is 33.2 Å². The third-order valence-corrected chi connectivity index (χ3v) is 3.72. The number of aromatic nitrogens is 4. The van der Waals surface area contributed by atoms with Crippen LogP contribution in [0.15, 0.2) is 47.4 Å². The first-order valence-corrected chi connectivity index (χ1v) is 6.80. The van der Waals surface area contributed by atoms with Crippen LogP contribution in [0.5, 0.6) is 0 Å². The molecule has 4 aromatic rings. The van der Waals surface area contributed by atoms with E-state index < -0.39 is 5.56 Å². The molecule has 0 atom stereocenters. The summed E-state index contributed by atoms with van der Waals surface area (Å²) in [5.41, 5.74) is 3.44. The van der Waals surface area contributed by atoms with Gasteiger partial charge in [-0.2, -0.15) is 5.10 Å². The average Bonchev–Trinajstić information content (AvgIpc) is 2.92. The first kappa shape index (κ1) is 12.6. The smallest absolute Gasteiger partial charge is 0.283 e. The summed E-state index contributed by atoms with van der Waals surface area (Å²) in [6.07, 6.45) is 1.75. The molecule has 0 fully saturated rings. The Bertz CT molecular complexity index is 1080. The second-order valence-electron chi connectivity index (χ2n) is 5.20. The number of nitrogens with one attached hydrogen (secondary N) is 1. The Morgan fingerprint density at radius 1 is 1.18 bits per heavy atom. The maximum absolute atomic E-state index is 11.5. The third-order valence-electron chi connectivity index (χ3n) is 3.72. The van der Waals surface area contributed by atoms with Gasteiger partial charge in [0, 0.05) is 34.3 Å². The lowest BCUT2D eigenvalue weighted by atomic mass is 10.1. The average molecular weight is 292 g/mol. The molecule has 6 heteroatoms. The maximum Gasteiger partial charge on any atom is 0.283 e. The Hall–Kier alpha value is -3.15. The second kappa shape index (κ2) is 4.42. The number of hydrogen-bond donors (Lipinski definition) is 2. The summed E-state index contributed by atoms with van der Waals surface area (Å²) in [5, 5.41) is 18.8. The van der Waals surface area contributed by atoms with Crippen molar-refractivity contribution in [2.24, 2.45) is 0 Å². The summed E-state index contributed by atoms with van der Waals surface area (Å²) in [4.78, 5) is 15.7. The van der Waals surface area contributed by atoms with E-state index in [1.807, 2.05) is 25.1 Å². The lowest BCUT2D eigenvalue weighted by Gasteiger charge is -2.03. The fourth-order valence-corrected chi connectivity index (χ4v) is 2.65. The lowest BCUT2D eigenvalue weighted by molar-refractivity contribution is 0.189. The van der Waals surface area contributed by atoms with Crippen LogP contribution in [0, 0.1) is 6.92 Å². The number of H-pyrrole nitrogens is 1. The molecule has 3 aromatic heterocycles. The van der Waals surface area contributed by atoms with Crippen LogP contribution in [0.3, 0.4) is 0 Å². The van der Waals surface area contributed by atoms with Crippen LogP contribution in [0.25, 0.3) is 33.1 Å². The Balaban J connectivity index is 2.05. The first-order chi connectivity index (χ1) is 10.6. The molecule has 4 rings (SSSR count). The van der Waals surface area contributed by atoms with Gasteiger partial charge in [0.25, 0.3) is 5.56 Å². The largest absolute Gasteiger partial charge is 0.425 e. The highest BCUT2D eigenvalue weighted by atomic mass is 16.5.